The van der Waals surface area contributed by atoms with Gasteiger partial charge in [-0.15, -0.1) is 11.8 Å². The van der Waals surface area contributed by atoms with Crippen LogP contribution in [0.4, 0.5) is 18.0 Å². The van der Waals surface area contributed by atoms with E-state index in [1.54, 1.807) is 66.0 Å². The van der Waals surface area contributed by atoms with E-state index in [1.165, 1.54) is 10.3 Å². The molecular weight excluding hydrogens is 527 g/mol. The first-order valence-electron chi connectivity index (χ1n) is 11.3. The van der Waals surface area contributed by atoms with E-state index in [9.17, 15) is 32.3 Å². The highest BCUT2D eigenvalue weighted by molar-refractivity contribution is 8.02. The number of hydrogen-bond acceptors (Lipinski definition) is 7. The minimum Gasteiger partial charge on any atom is -0.451 e. The molecule has 3 atom stereocenters. The molecule has 1 unspecified atom stereocenters. The summed E-state index contributed by atoms with van der Waals surface area (Å²) in [5.41, 5.74) is 1.46. The molecule has 200 valence electrons. The van der Waals surface area contributed by atoms with Crippen LogP contribution in [0.25, 0.3) is 0 Å². The molecule has 4 rings (SSSR count). The minimum atomic E-state index is -4.63. The Kier molecular flexibility index (Phi) is 8.25. The van der Waals surface area contributed by atoms with Gasteiger partial charge < -0.3 is 25.0 Å². The van der Waals surface area contributed by atoms with E-state index >= 15 is 0 Å². The molecule has 2 aliphatic rings. The van der Waals surface area contributed by atoms with Gasteiger partial charge in [-0.3, -0.25) is 9.59 Å². The lowest BCUT2D eigenvalue weighted by atomic mass is 9.97. The number of hydrogen-bond donors (Lipinski definition) is 2. The number of nitrogens with zero attached hydrogens (tertiary/aromatic N) is 1. The van der Waals surface area contributed by atoms with Crippen molar-refractivity contribution in [3.05, 3.63) is 82.8 Å². The van der Waals surface area contributed by atoms with Crippen molar-refractivity contribution in [3.8, 4) is 0 Å². The standard InChI is InChI=1S/C25H22F3N3O6S/c26-25(27,28)13-29-24(35)36-11-17-12-38-22-18(30-14-32)21(33)31(22)19(17)23(34)37-20(15-7-3-1-4-8-15)16-9-5-2-6-10-16/h1-10,12,14,18-20,22H,11,13H2,(H,29,35)(H,30,32)/t18-,19?,22-/m1/s1. The normalized spacial score (nSPS) is 20.5. The summed E-state index contributed by atoms with van der Waals surface area (Å²) in [4.78, 5) is 50.4. The predicted octanol–water partition coefficient (Wildman–Crippen LogP) is 2.89. The number of thioether (sulfide) groups is 1. The summed E-state index contributed by atoms with van der Waals surface area (Å²) in [6.45, 7) is -2.16. The second kappa shape index (κ2) is 11.6. The zero-order chi connectivity index (χ0) is 27.3. The molecule has 3 amide bonds. The van der Waals surface area contributed by atoms with Gasteiger partial charge in [-0.2, -0.15) is 13.2 Å². The number of carbonyl (C=O) groups is 4. The number of alkyl carbamates (subject to hydrolysis) is 1. The van der Waals surface area contributed by atoms with Crippen molar-refractivity contribution in [3.63, 3.8) is 0 Å². The summed E-state index contributed by atoms with van der Waals surface area (Å²) < 4.78 is 48.0. The van der Waals surface area contributed by atoms with Crippen molar-refractivity contribution in [2.75, 3.05) is 13.2 Å². The Morgan fingerprint density at radius 3 is 2.21 bits per heavy atom. The predicted molar refractivity (Wildman–Crippen MR) is 129 cm³/mol. The van der Waals surface area contributed by atoms with Gasteiger partial charge in [0, 0.05) is 5.57 Å². The van der Waals surface area contributed by atoms with Crippen LogP contribution in [0.1, 0.15) is 17.2 Å². The van der Waals surface area contributed by atoms with E-state index in [0.29, 0.717) is 17.5 Å². The number of carbonyl (C=O) groups excluding carboxylic acids is 4. The Bertz CT molecular complexity index is 1170. The maximum atomic E-state index is 13.6. The lowest BCUT2D eigenvalue weighted by Crippen LogP contribution is -2.73. The van der Waals surface area contributed by atoms with E-state index in [-0.39, 0.29) is 5.57 Å². The monoisotopic (exact) mass is 549 g/mol. The summed E-state index contributed by atoms with van der Waals surface area (Å²) in [5, 5.41) is 4.84. The Morgan fingerprint density at radius 2 is 1.66 bits per heavy atom. The molecular formula is C25H22F3N3O6S. The summed E-state index contributed by atoms with van der Waals surface area (Å²) in [6, 6.07) is 15.6. The highest BCUT2D eigenvalue weighted by atomic mass is 32.2. The van der Waals surface area contributed by atoms with Crippen LogP contribution in [-0.4, -0.2) is 66.1 Å². The van der Waals surface area contributed by atoms with E-state index in [2.05, 4.69) is 5.32 Å². The van der Waals surface area contributed by atoms with Gasteiger partial charge in [0.05, 0.1) is 0 Å². The van der Waals surface area contributed by atoms with E-state index in [0.717, 1.165) is 11.8 Å². The van der Waals surface area contributed by atoms with E-state index < -0.39 is 60.9 Å². The van der Waals surface area contributed by atoms with Crippen LogP contribution < -0.4 is 10.6 Å². The minimum absolute atomic E-state index is 0.135. The number of amides is 3. The molecule has 0 radical (unpaired) electrons. The van der Waals surface area contributed by atoms with Crippen LogP contribution in [0.2, 0.25) is 0 Å². The van der Waals surface area contributed by atoms with Gasteiger partial charge in [0.1, 0.15) is 24.6 Å². The number of ether oxygens (including phenoxy) is 2. The first-order chi connectivity index (χ1) is 18.2. The van der Waals surface area contributed by atoms with Crippen molar-refractivity contribution in [1.29, 1.82) is 0 Å². The molecule has 9 nitrogen and oxygen atoms in total. The zero-order valence-electron chi connectivity index (χ0n) is 19.6. The lowest BCUT2D eigenvalue weighted by molar-refractivity contribution is -0.165. The fraction of sp³-hybridized carbons (Fsp3) is 0.280. The molecule has 13 heteroatoms. The molecule has 1 saturated heterocycles. The molecule has 2 heterocycles. The third-order valence-electron chi connectivity index (χ3n) is 5.78. The molecule has 0 bridgehead atoms. The number of halogens is 3. The maximum absolute atomic E-state index is 13.6. The van der Waals surface area contributed by atoms with Crippen molar-refractivity contribution >= 4 is 36.1 Å². The Labute approximate surface area is 219 Å². The number of fused-ring (bicyclic) bond motifs is 1. The molecule has 0 saturated carbocycles. The average Bonchev–Trinajstić information content (AvgIpc) is 2.92. The molecule has 38 heavy (non-hydrogen) atoms. The van der Waals surface area contributed by atoms with Crippen LogP contribution in [0.3, 0.4) is 0 Å². The summed E-state index contributed by atoms with van der Waals surface area (Å²) in [6.07, 6.45) is -6.44. The molecule has 0 aromatic heterocycles. The van der Waals surface area contributed by atoms with Gasteiger partial charge in [-0.05, 0) is 16.5 Å². The van der Waals surface area contributed by atoms with Crippen LogP contribution in [0, 0.1) is 0 Å². The molecule has 2 N–H and O–H groups in total. The van der Waals surface area contributed by atoms with E-state index in [1.807, 2.05) is 0 Å². The molecule has 0 spiro atoms. The highest BCUT2D eigenvalue weighted by Gasteiger charge is 2.56. The van der Waals surface area contributed by atoms with Gasteiger partial charge in [0.15, 0.2) is 12.1 Å². The van der Waals surface area contributed by atoms with Crippen LogP contribution in [-0.2, 0) is 23.9 Å². The number of alkyl halides is 3. The van der Waals surface area contributed by atoms with Gasteiger partial charge >= 0.3 is 18.2 Å². The fourth-order valence-electron chi connectivity index (χ4n) is 4.05. The van der Waals surface area contributed by atoms with Crippen molar-refractivity contribution in [1.82, 2.24) is 15.5 Å². The summed E-state index contributed by atoms with van der Waals surface area (Å²) in [5.74, 6) is -1.39. The zero-order valence-corrected chi connectivity index (χ0v) is 20.4. The number of esters is 1. The van der Waals surface area contributed by atoms with Gasteiger partial charge in [0.2, 0.25) is 12.3 Å². The molecule has 1 fully saturated rings. The summed E-state index contributed by atoms with van der Waals surface area (Å²) >= 11 is 1.10. The number of nitrogens with one attached hydrogen (secondary N) is 2. The van der Waals surface area contributed by atoms with Gasteiger partial charge in [-0.1, -0.05) is 60.7 Å². The van der Waals surface area contributed by atoms with E-state index in [4.69, 9.17) is 9.47 Å². The first-order valence-corrected chi connectivity index (χ1v) is 12.3. The quantitative estimate of drug-likeness (QED) is 0.281. The highest BCUT2D eigenvalue weighted by Crippen LogP contribution is 2.41. The van der Waals surface area contributed by atoms with Crippen LogP contribution in [0.15, 0.2) is 71.6 Å². The van der Waals surface area contributed by atoms with Crippen molar-refractivity contribution in [2.45, 2.75) is 29.7 Å². The molecule has 2 aromatic rings. The average molecular weight is 550 g/mol. The van der Waals surface area contributed by atoms with Crippen molar-refractivity contribution in [2.24, 2.45) is 0 Å². The second-order valence-electron chi connectivity index (χ2n) is 8.31. The smallest absolute Gasteiger partial charge is 0.407 e. The summed E-state index contributed by atoms with van der Waals surface area (Å²) in [7, 11) is 0. The Morgan fingerprint density at radius 1 is 1.05 bits per heavy atom. The third kappa shape index (κ3) is 6.10. The Hall–Kier alpha value is -4.00. The molecule has 2 aromatic carbocycles. The third-order valence-corrected chi connectivity index (χ3v) is 7.00. The number of β-lactam (4-membered cyclic amide) rings is 1. The molecule has 0 aliphatic carbocycles. The fourth-order valence-corrected chi connectivity index (χ4v) is 5.27. The van der Waals surface area contributed by atoms with Gasteiger partial charge in [-0.25, -0.2) is 9.59 Å². The van der Waals surface area contributed by atoms with Crippen LogP contribution in [0.5, 0.6) is 0 Å². The SMILES string of the molecule is O=CN[C@@H]1C(=O)N2C(C(=O)OC(c3ccccc3)c3ccccc3)C(COC(=O)NCC(F)(F)F)=CS[C@H]12. The van der Waals surface area contributed by atoms with Crippen molar-refractivity contribution < 1.29 is 41.8 Å². The topological polar surface area (TPSA) is 114 Å². The second-order valence-corrected chi connectivity index (χ2v) is 9.30. The van der Waals surface area contributed by atoms with Crippen LogP contribution >= 0.6 is 11.8 Å². The largest absolute Gasteiger partial charge is 0.451 e. The maximum Gasteiger partial charge on any atom is 0.407 e. The number of rotatable bonds is 9. The first kappa shape index (κ1) is 27.0. The number of benzene rings is 2. The van der Waals surface area contributed by atoms with Gasteiger partial charge in [0.25, 0.3) is 0 Å². The lowest BCUT2D eigenvalue weighted by Gasteiger charge is -2.51. The Balaban J connectivity index is 1.57. The molecule has 2 aliphatic heterocycles.